The number of anilines is 1. The number of methoxy groups -OCH3 is 2. The van der Waals surface area contributed by atoms with Crippen LogP contribution in [0.1, 0.15) is 21.8 Å². The van der Waals surface area contributed by atoms with Gasteiger partial charge in [-0.15, -0.1) is 0 Å². The van der Waals surface area contributed by atoms with Crippen molar-refractivity contribution in [2.75, 3.05) is 19.1 Å². The minimum absolute atomic E-state index is 0.122. The Labute approximate surface area is 192 Å². The van der Waals surface area contributed by atoms with Crippen molar-refractivity contribution in [3.05, 3.63) is 64.2 Å². The molecule has 2 aromatic rings. The standard InChI is InChI=1S/C23H18N2O7S/c1-30-14-8-7-10(22(28)31-2)9-12(14)25-20(26)16-15-11-5-3-4-6-13(11)32-23(29)17(15)19(24)33-18(16)21(25)27/h3-9,15-16,18H,24H2,1-2H3/t15-,16+,18+/m1/s1. The minimum atomic E-state index is -0.884. The molecule has 3 aliphatic rings. The summed E-state index contributed by atoms with van der Waals surface area (Å²) in [6.45, 7) is 0. The molecule has 33 heavy (non-hydrogen) atoms. The van der Waals surface area contributed by atoms with Crippen molar-refractivity contribution in [1.29, 1.82) is 0 Å². The molecule has 1 saturated heterocycles. The van der Waals surface area contributed by atoms with Gasteiger partial charge in [0.15, 0.2) is 0 Å². The number of rotatable bonds is 3. The summed E-state index contributed by atoms with van der Waals surface area (Å²) in [5, 5.41) is -0.698. The maximum atomic E-state index is 13.8. The Morgan fingerprint density at radius 3 is 2.58 bits per heavy atom. The Bertz CT molecular complexity index is 1270. The number of hydrogen-bond donors (Lipinski definition) is 1. The van der Waals surface area contributed by atoms with E-state index in [0.29, 0.717) is 11.3 Å². The van der Waals surface area contributed by atoms with Crippen molar-refractivity contribution in [2.24, 2.45) is 11.7 Å². The summed E-state index contributed by atoms with van der Waals surface area (Å²) < 4.78 is 15.5. The summed E-state index contributed by atoms with van der Waals surface area (Å²) in [5.74, 6) is -3.33. The van der Waals surface area contributed by atoms with Gasteiger partial charge in [0.05, 0.1) is 42.0 Å². The number of carbonyl (C=O) groups excluding carboxylic acids is 4. The van der Waals surface area contributed by atoms with E-state index < -0.39 is 40.8 Å². The molecule has 9 nitrogen and oxygen atoms in total. The molecule has 3 heterocycles. The SMILES string of the molecule is COC(=O)c1ccc(OC)c(N2C(=O)[C@@H]3[C@H](SC(N)=C4C(=O)Oc5ccccc5[C@@H]43)C2=O)c1. The quantitative estimate of drug-likeness (QED) is 0.410. The molecule has 0 spiro atoms. The smallest absolute Gasteiger partial charge is 0.342 e. The van der Waals surface area contributed by atoms with Gasteiger partial charge in [-0.3, -0.25) is 9.59 Å². The van der Waals surface area contributed by atoms with Crippen molar-refractivity contribution in [3.63, 3.8) is 0 Å². The van der Waals surface area contributed by atoms with E-state index in [1.54, 1.807) is 24.3 Å². The summed E-state index contributed by atoms with van der Waals surface area (Å²) >= 11 is 0.972. The Balaban J connectivity index is 1.65. The lowest BCUT2D eigenvalue weighted by Gasteiger charge is -2.36. The lowest BCUT2D eigenvalue weighted by molar-refractivity contribution is -0.131. The topological polar surface area (TPSA) is 125 Å². The first-order valence-electron chi connectivity index (χ1n) is 9.99. The molecular weight excluding hydrogens is 448 g/mol. The van der Waals surface area contributed by atoms with E-state index in [-0.39, 0.29) is 27.6 Å². The van der Waals surface area contributed by atoms with Crippen molar-refractivity contribution >= 4 is 41.2 Å². The highest BCUT2D eigenvalue weighted by molar-refractivity contribution is 8.04. The van der Waals surface area contributed by atoms with E-state index in [4.69, 9.17) is 19.9 Å². The summed E-state index contributed by atoms with van der Waals surface area (Å²) in [6, 6.07) is 11.2. The molecule has 2 N–H and O–H groups in total. The van der Waals surface area contributed by atoms with Gasteiger partial charge in [0.1, 0.15) is 16.7 Å². The highest BCUT2D eigenvalue weighted by Gasteiger charge is 2.59. The van der Waals surface area contributed by atoms with Gasteiger partial charge in [-0.2, -0.15) is 0 Å². The minimum Gasteiger partial charge on any atom is -0.495 e. The van der Waals surface area contributed by atoms with Crippen molar-refractivity contribution in [1.82, 2.24) is 0 Å². The van der Waals surface area contributed by atoms with E-state index >= 15 is 0 Å². The third-order valence-electron chi connectivity index (χ3n) is 6.00. The van der Waals surface area contributed by atoms with Gasteiger partial charge < -0.3 is 19.9 Å². The fourth-order valence-electron chi connectivity index (χ4n) is 4.55. The number of thioether (sulfide) groups is 1. The number of amides is 2. The van der Waals surface area contributed by atoms with Gasteiger partial charge in [-0.1, -0.05) is 30.0 Å². The van der Waals surface area contributed by atoms with E-state index in [1.807, 2.05) is 0 Å². The zero-order valence-electron chi connectivity index (χ0n) is 17.6. The number of fused-ring (bicyclic) bond motifs is 5. The second kappa shape index (κ2) is 7.66. The maximum Gasteiger partial charge on any atom is 0.342 e. The van der Waals surface area contributed by atoms with E-state index in [0.717, 1.165) is 16.7 Å². The van der Waals surface area contributed by atoms with Crippen LogP contribution in [0.3, 0.4) is 0 Å². The molecule has 0 aliphatic carbocycles. The van der Waals surface area contributed by atoms with Gasteiger partial charge in [0, 0.05) is 11.5 Å². The fourth-order valence-corrected chi connectivity index (χ4v) is 5.79. The number of para-hydroxylation sites is 1. The second-order valence-electron chi connectivity index (χ2n) is 7.64. The van der Waals surface area contributed by atoms with Gasteiger partial charge in [0.25, 0.3) is 0 Å². The predicted molar refractivity (Wildman–Crippen MR) is 118 cm³/mol. The van der Waals surface area contributed by atoms with E-state index in [1.165, 1.54) is 32.4 Å². The number of benzene rings is 2. The van der Waals surface area contributed by atoms with Crippen LogP contribution >= 0.6 is 11.8 Å². The summed E-state index contributed by atoms with van der Waals surface area (Å²) in [7, 11) is 2.63. The Morgan fingerprint density at radius 2 is 1.85 bits per heavy atom. The Kier molecular flexibility index (Phi) is 4.89. The molecular formula is C23H18N2O7S. The number of carbonyl (C=O) groups is 4. The van der Waals surface area contributed by atoms with Gasteiger partial charge in [0.2, 0.25) is 11.8 Å². The van der Waals surface area contributed by atoms with Crippen molar-refractivity contribution < 1.29 is 33.4 Å². The van der Waals surface area contributed by atoms with Crippen LogP contribution in [0.4, 0.5) is 5.69 Å². The first-order valence-corrected chi connectivity index (χ1v) is 10.9. The number of ether oxygens (including phenoxy) is 3. The highest BCUT2D eigenvalue weighted by atomic mass is 32.2. The van der Waals surface area contributed by atoms with Crippen LogP contribution in [0.25, 0.3) is 0 Å². The third kappa shape index (κ3) is 3.01. The number of nitrogens with zero attached hydrogens (tertiary/aromatic N) is 1. The zero-order chi connectivity index (χ0) is 23.4. The molecule has 0 unspecified atom stereocenters. The Hall–Kier alpha value is -3.79. The predicted octanol–water partition coefficient (Wildman–Crippen LogP) is 1.96. The normalized spacial score (nSPS) is 23.5. The number of hydrogen-bond acceptors (Lipinski definition) is 9. The molecule has 0 aromatic heterocycles. The lowest BCUT2D eigenvalue weighted by Crippen LogP contribution is -2.39. The summed E-state index contributed by atoms with van der Waals surface area (Å²) in [6.07, 6.45) is 0. The fraction of sp³-hybridized carbons (Fsp3) is 0.217. The van der Waals surface area contributed by atoms with E-state index in [9.17, 15) is 19.2 Å². The van der Waals surface area contributed by atoms with Gasteiger partial charge in [-0.25, -0.2) is 14.5 Å². The molecule has 1 fully saturated rings. The average molecular weight is 466 g/mol. The van der Waals surface area contributed by atoms with Gasteiger partial charge in [-0.05, 0) is 24.3 Å². The van der Waals surface area contributed by atoms with Crippen LogP contribution in [-0.4, -0.2) is 43.2 Å². The number of imide groups is 1. The van der Waals surface area contributed by atoms with Crippen molar-refractivity contribution in [3.8, 4) is 11.5 Å². The van der Waals surface area contributed by atoms with E-state index in [2.05, 4.69) is 0 Å². The molecule has 0 saturated carbocycles. The third-order valence-corrected chi connectivity index (χ3v) is 7.23. The summed E-state index contributed by atoms with van der Waals surface area (Å²) in [4.78, 5) is 53.1. The molecule has 10 heteroatoms. The van der Waals surface area contributed by atoms with Crippen LogP contribution < -0.4 is 20.1 Å². The van der Waals surface area contributed by atoms with Crippen LogP contribution in [0, 0.1) is 5.92 Å². The number of nitrogens with two attached hydrogens (primary N) is 1. The highest BCUT2D eigenvalue weighted by Crippen LogP contribution is 2.55. The lowest BCUT2D eigenvalue weighted by atomic mass is 9.77. The molecule has 3 atom stereocenters. The molecule has 5 rings (SSSR count). The second-order valence-corrected chi connectivity index (χ2v) is 8.82. The average Bonchev–Trinajstić information content (AvgIpc) is 3.07. The molecule has 3 aliphatic heterocycles. The van der Waals surface area contributed by atoms with Crippen LogP contribution in [0.5, 0.6) is 11.5 Å². The maximum absolute atomic E-state index is 13.8. The Morgan fingerprint density at radius 1 is 1.09 bits per heavy atom. The molecule has 0 bridgehead atoms. The van der Waals surface area contributed by atoms with Gasteiger partial charge >= 0.3 is 11.9 Å². The molecule has 2 aromatic carbocycles. The first-order chi connectivity index (χ1) is 15.9. The monoisotopic (exact) mass is 466 g/mol. The largest absolute Gasteiger partial charge is 0.495 e. The van der Waals surface area contributed by atoms with Crippen LogP contribution in [0.2, 0.25) is 0 Å². The van der Waals surface area contributed by atoms with Crippen LogP contribution in [-0.2, 0) is 19.1 Å². The molecule has 168 valence electrons. The zero-order valence-corrected chi connectivity index (χ0v) is 18.4. The van der Waals surface area contributed by atoms with Crippen LogP contribution in [0.15, 0.2) is 53.1 Å². The molecule has 2 amide bonds. The molecule has 0 radical (unpaired) electrons. The first kappa shape index (κ1) is 21.1. The van der Waals surface area contributed by atoms with Crippen molar-refractivity contribution in [2.45, 2.75) is 11.2 Å². The number of esters is 2. The summed E-state index contributed by atoms with van der Waals surface area (Å²) in [5.41, 5.74) is 7.27.